The molecule has 0 amide bonds. The van der Waals surface area contributed by atoms with Crippen molar-refractivity contribution in [3.8, 4) is 5.75 Å². The first-order valence-electron chi connectivity index (χ1n) is 5.93. The van der Waals surface area contributed by atoms with Crippen LogP contribution in [0.4, 0.5) is 10.2 Å². The number of hydrogen-bond acceptors (Lipinski definition) is 3. The number of nitrogens with one attached hydrogen (secondary N) is 1. The second kappa shape index (κ2) is 4.64. The van der Waals surface area contributed by atoms with Crippen LogP contribution in [0.5, 0.6) is 5.75 Å². The van der Waals surface area contributed by atoms with Gasteiger partial charge < -0.3 is 10.1 Å². The van der Waals surface area contributed by atoms with Gasteiger partial charge in [-0.3, -0.25) is 0 Å². The zero-order valence-corrected chi connectivity index (χ0v) is 9.77. The van der Waals surface area contributed by atoms with Gasteiger partial charge in [-0.15, -0.1) is 0 Å². The Morgan fingerprint density at radius 2 is 2.11 bits per heavy atom. The molecule has 1 aromatic heterocycles. The van der Waals surface area contributed by atoms with E-state index in [9.17, 15) is 4.39 Å². The van der Waals surface area contributed by atoms with Crippen LogP contribution in [-0.2, 0) is 0 Å². The maximum Gasteiger partial charge on any atom is 0.141 e. The Kier molecular flexibility index (Phi) is 2.84. The van der Waals surface area contributed by atoms with E-state index in [0.29, 0.717) is 12.4 Å². The fourth-order valence-corrected chi connectivity index (χ4v) is 2.13. The van der Waals surface area contributed by atoms with Gasteiger partial charge in [0, 0.05) is 12.0 Å². The molecule has 2 heterocycles. The largest absolute Gasteiger partial charge is 0.493 e. The Balaban J connectivity index is 1.84. The number of fused-ring (bicyclic) bond motifs is 1. The minimum absolute atomic E-state index is 0.160. The molecule has 1 aliphatic heterocycles. The highest BCUT2D eigenvalue weighted by Gasteiger charge is 2.20. The fourth-order valence-electron chi connectivity index (χ4n) is 2.13. The van der Waals surface area contributed by atoms with E-state index in [2.05, 4.69) is 10.3 Å². The third-order valence-corrected chi connectivity index (χ3v) is 3.01. The van der Waals surface area contributed by atoms with Crippen molar-refractivity contribution in [2.45, 2.75) is 12.5 Å². The molecule has 0 radical (unpaired) electrons. The molecule has 1 atom stereocenters. The number of ether oxygens (including phenoxy) is 1. The third kappa shape index (κ3) is 2.14. The van der Waals surface area contributed by atoms with Crippen LogP contribution in [0.15, 0.2) is 42.6 Å². The van der Waals surface area contributed by atoms with Crippen molar-refractivity contribution < 1.29 is 9.13 Å². The molecule has 4 heteroatoms. The van der Waals surface area contributed by atoms with E-state index >= 15 is 0 Å². The highest BCUT2D eigenvalue weighted by Crippen LogP contribution is 2.33. The Bertz CT molecular complexity index is 542. The van der Waals surface area contributed by atoms with Crippen molar-refractivity contribution in [2.24, 2.45) is 0 Å². The smallest absolute Gasteiger partial charge is 0.141 e. The first-order valence-corrected chi connectivity index (χ1v) is 5.93. The zero-order valence-electron chi connectivity index (χ0n) is 9.77. The van der Waals surface area contributed by atoms with Crippen molar-refractivity contribution in [2.75, 3.05) is 11.9 Å². The zero-order chi connectivity index (χ0) is 12.4. The lowest BCUT2D eigenvalue weighted by Crippen LogP contribution is -2.20. The summed E-state index contributed by atoms with van der Waals surface area (Å²) < 4.78 is 18.4. The summed E-state index contributed by atoms with van der Waals surface area (Å²) in [5.74, 6) is 1.26. The Morgan fingerprint density at radius 3 is 2.94 bits per heavy atom. The highest BCUT2D eigenvalue weighted by atomic mass is 19.1. The van der Waals surface area contributed by atoms with E-state index in [4.69, 9.17) is 4.74 Å². The molecule has 18 heavy (non-hydrogen) atoms. The lowest BCUT2D eigenvalue weighted by molar-refractivity contribution is 0.274. The molecule has 3 rings (SSSR count). The lowest BCUT2D eigenvalue weighted by Gasteiger charge is -2.26. The summed E-state index contributed by atoms with van der Waals surface area (Å²) in [7, 11) is 0. The second-order valence-electron chi connectivity index (χ2n) is 4.23. The van der Waals surface area contributed by atoms with E-state index in [1.807, 2.05) is 24.3 Å². The number of anilines is 1. The summed E-state index contributed by atoms with van der Waals surface area (Å²) in [6.45, 7) is 0.676. The molecular weight excluding hydrogens is 231 g/mol. The third-order valence-electron chi connectivity index (χ3n) is 3.01. The summed E-state index contributed by atoms with van der Waals surface area (Å²) in [5, 5.41) is 3.31. The van der Waals surface area contributed by atoms with E-state index in [1.54, 1.807) is 6.07 Å². The van der Waals surface area contributed by atoms with Gasteiger partial charge in [0.15, 0.2) is 0 Å². The van der Waals surface area contributed by atoms with Gasteiger partial charge in [0.25, 0.3) is 0 Å². The topological polar surface area (TPSA) is 34.1 Å². The number of rotatable bonds is 2. The number of benzene rings is 1. The molecule has 1 aliphatic rings. The van der Waals surface area contributed by atoms with Crippen LogP contribution in [0.2, 0.25) is 0 Å². The minimum atomic E-state index is -0.326. The van der Waals surface area contributed by atoms with Gasteiger partial charge in [0.05, 0.1) is 18.8 Å². The van der Waals surface area contributed by atoms with Crippen molar-refractivity contribution in [1.29, 1.82) is 0 Å². The van der Waals surface area contributed by atoms with Gasteiger partial charge in [-0.05, 0) is 18.2 Å². The Labute approximate surface area is 105 Å². The molecule has 1 unspecified atom stereocenters. The molecule has 0 fully saturated rings. The quantitative estimate of drug-likeness (QED) is 0.881. The van der Waals surface area contributed by atoms with Crippen LogP contribution in [0.3, 0.4) is 0 Å². The van der Waals surface area contributed by atoms with Gasteiger partial charge in [0.1, 0.15) is 17.4 Å². The number of nitrogens with zero attached hydrogens (tertiary/aromatic N) is 1. The summed E-state index contributed by atoms with van der Waals surface area (Å²) in [6, 6.07) is 11.1. The second-order valence-corrected chi connectivity index (χ2v) is 4.23. The maximum absolute atomic E-state index is 12.8. The summed E-state index contributed by atoms with van der Waals surface area (Å²) in [4.78, 5) is 4.02. The predicted molar refractivity (Wildman–Crippen MR) is 67.1 cm³/mol. The number of hydrogen-bond donors (Lipinski definition) is 1. The summed E-state index contributed by atoms with van der Waals surface area (Å²) in [6.07, 6.45) is 2.09. The van der Waals surface area contributed by atoms with Crippen LogP contribution in [0, 0.1) is 5.82 Å². The molecule has 0 spiro atoms. The van der Waals surface area contributed by atoms with Crippen molar-refractivity contribution in [3.05, 3.63) is 54.0 Å². The monoisotopic (exact) mass is 244 g/mol. The van der Waals surface area contributed by atoms with Gasteiger partial charge >= 0.3 is 0 Å². The van der Waals surface area contributed by atoms with Crippen LogP contribution < -0.4 is 10.1 Å². The van der Waals surface area contributed by atoms with Gasteiger partial charge in [-0.2, -0.15) is 0 Å². The molecular formula is C14H13FN2O. The van der Waals surface area contributed by atoms with E-state index in [0.717, 1.165) is 17.7 Å². The molecule has 0 saturated heterocycles. The lowest BCUT2D eigenvalue weighted by atomic mass is 10.0. The summed E-state index contributed by atoms with van der Waals surface area (Å²) in [5.41, 5.74) is 1.12. The summed E-state index contributed by atoms with van der Waals surface area (Å²) >= 11 is 0. The molecule has 1 N–H and O–H groups in total. The van der Waals surface area contributed by atoms with Gasteiger partial charge in [-0.25, -0.2) is 9.37 Å². The standard InChI is InChI=1S/C14H13FN2O/c15-10-5-6-14(16-9-10)17-12-7-8-18-13-4-2-1-3-11(12)13/h1-6,9,12H,7-8H2,(H,16,17). The molecule has 0 saturated carbocycles. The molecule has 3 nitrogen and oxygen atoms in total. The van der Waals surface area contributed by atoms with E-state index in [1.165, 1.54) is 12.3 Å². The number of para-hydroxylation sites is 1. The van der Waals surface area contributed by atoms with Crippen LogP contribution >= 0.6 is 0 Å². The Morgan fingerprint density at radius 1 is 1.22 bits per heavy atom. The molecule has 0 bridgehead atoms. The fraction of sp³-hybridized carbons (Fsp3) is 0.214. The molecule has 2 aromatic rings. The SMILES string of the molecule is Fc1ccc(NC2CCOc3ccccc32)nc1. The number of halogens is 1. The average Bonchev–Trinajstić information content (AvgIpc) is 2.42. The molecule has 1 aromatic carbocycles. The Hall–Kier alpha value is -2.10. The average molecular weight is 244 g/mol. The van der Waals surface area contributed by atoms with Crippen LogP contribution in [-0.4, -0.2) is 11.6 Å². The highest BCUT2D eigenvalue weighted by molar-refractivity contribution is 5.44. The van der Waals surface area contributed by atoms with Crippen molar-refractivity contribution in [1.82, 2.24) is 4.98 Å². The first kappa shape index (κ1) is 11.0. The van der Waals surface area contributed by atoms with Crippen molar-refractivity contribution >= 4 is 5.82 Å². The van der Waals surface area contributed by atoms with E-state index in [-0.39, 0.29) is 11.9 Å². The van der Waals surface area contributed by atoms with Gasteiger partial charge in [0.2, 0.25) is 0 Å². The molecule has 92 valence electrons. The van der Waals surface area contributed by atoms with Crippen LogP contribution in [0.25, 0.3) is 0 Å². The number of aromatic nitrogens is 1. The van der Waals surface area contributed by atoms with Gasteiger partial charge in [-0.1, -0.05) is 18.2 Å². The number of pyridine rings is 1. The van der Waals surface area contributed by atoms with Crippen molar-refractivity contribution in [3.63, 3.8) is 0 Å². The minimum Gasteiger partial charge on any atom is -0.493 e. The van der Waals surface area contributed by atoms with E-state index < -0.39 is 0 Å². The maximum atomic E-state index is 12.8. The molecule has 0 aliphatic carbocycles. The normalized spacial score (nSPS) is 17.7. The van der Waals surface area contributed by atoms with Crippen LogP contribution in [0.1, 0.15) is 18.0 Å². The first-order chi connectivity index (χ1) is 8.83. The predicted octanol–water partition coefficient (Wildman–Crippen LogP) is 3.16.